The summed E-state index contributed by atoms with van der Waals surface area (Å²) in [4.78, 5) is 12.2. The first-order chi connectivity index (χ1) is 9.93. The molecule has 0 aliphatic rings. The fraction of sp³-hybridized carbons (Fsp3) is 0.188. The summed E-state index contributed by atoms with van der Waals surface area (Å²) >= 11 is 0. The Kier molecular flexibility index (Phi) is 2.79. The van der Waals surface area contributed by atoms with E-state index in [0.29, 0.717) is 22.1 Å². The van der Waals surface area contributed by atoms with Crippen LogP contribution in [0.15, 0.2) is 27.4 Å². The van der Waals surface area contributed by atoms with E-state index in [-0.39, 0.29) is 28.1 Å². The molecular formula is C16H14O5. The van der Waals surface area contributed by atoms with Crippen LogP contribution in [0.4, 0.5) is 0 Å². The molecule has 0 radical (unpaired) electrons. The average molecular weight is 286 g/mol. The number of benzene rings is 2. The largest absolute Gasteiger partial charge is 0.508 e. The second kappa shape index (κ2) is 4.41. The molecular weight excluding hydrogens is 272 g/mol. The van der Waals surface area contributed by atoms with Crippen molar-refractivity contribution >= 4 is 21.7 Å². The first-order valence-electron chi connectivity index (χ1n) is 6.40. The molecule has 2 N–H and O–H groups in total. The second-order valence-corrected chi connectivity index (χ2v) is 4.99. The quantitative estimate of drug-likeness (QED) is 0.672. The van der Waals surface area contributed by atoms with E-state index >= 15 is 0 Å². The van der Waals surface area contributed by atoms with Crippen LogP contribution in [0.2, 0.25) is 0 Å². The van der Waals surface area contributed by atoms with Gasteiger partial charge in [0.2, 0.25) is 0 Å². The molecule has 5 nitrogen and oxygen atoms in total. The van der Waals surface area contributed by atoms with E-state index in [9.17, 15) is 15.0 Å². The molecule has 0 bridgehead atoms. The van der Waals surface area contributed by atoms with Crippen LogP contribution in [0, 0.1) is 13.8 Å². The lowest BCUT2D eigenvalue weighted by Gasteiger charge is -2.13. The smallest absolute Gasteiger partial charge is 0.196 e. The lowest BCUT2D eigenvalue weighted by atomic mass is 10.00. The molecule has 108 valence electrons. The molecule has 0 unspecified atom stereocenters. The summed E-state index contributed by atoms with van der Waals surface area (Å²) < 4.78 is 10.9. The van der Waals surface area contributed by atoms with Crippen LogP contribution in [0.3, 0.4) is 0 Å². The van der Waals surface area contributed by atoms with Gasteiger partial charge in [-0.25, -0.2) is 0 Å². The van der Waals surface area contributed by atoms with Crippen LogP contribution in [0.5, 0.6) is 17.2 Å². The predicted molar refractivity (Wildman–Crippen MR) is 79.3 cm³/mol. The van der Waals surface area contributed by atoms with E-state index in [4.69, 9.17) is 9.15 Å². The Morgan fingerprint density at radius 3 is 2.48 bits per heavy atom. The maximum atomic E-state index is 12.2. The Morgan fingerprint density at radius 2 is 1.81 bits per heavy atom. The minimum atomic E-state index is -0.334. The minimum absolute atomic E-state index is 0.0482. The highest BCUT2D eigenvalue weighted by Crippen LogP contribution is 2.43. The summed E-state index contributed by atoms with van der Waals surface area (Å²) in [6, 6.07) is 4.37. The van der Waals surface area contributed by atoms with Gasteiger partial charge in [0.25, 0.3) is 0 Å². The van der Waals surface area contributed by atoms with Crippen LogP contribution < -0.4 is 10.2 Å². The third kappa shape index (κ3) is 1.81. The van der Waals surface area contributed by atoms with Gasteiger partial charge in [-0.2, -0.15) is 0 Å². The standard InChI is InChI=1S/C16H14O5/c1-7-4-9(17)6-10-12(7)16-13(14(19)15(10)20-3)11(18)5-8(2)21-16/h4-6,17,19H,1-3H3. The van der Waals surface area contributed by atoms with Gasteiger partial charge in [0.05, 0.1) is 7.11 Å². The van der Waals surface area contributed by atoms with Gasteiger partial charge in [0.15, 0.2) is 16.9 Å². The van der Waals surface area contributed by atoms with E-state index in [0.717, 1.165) is 5.56 Å². The van der Waals surface area contributed by atoms with Crippen molar-refractivity contribution in [3.63, 3.8) is 0 Å². The number of methoxy groups -OCH3 is 1. The van der Waals surface area contributed by atoms with Crippen LogP contribution in [0.25, 0.3) is 21.7 Å². The van der Waals surface area contributed by atoms with Gasteiger partial charge in [-0.1, -0.05) is 0 Å². The van der Waals surface area contributed by atoms with Crippen molar-refractivity contribution in [2.24, 2.45) is 0 Å². The Labute approximate surface area is 120 Å². The molecule has 1 heterocycles. The Morgan fingerprint density at radius 1 is 1.10 bits per heavy atom. The summed E-state index contributed by atoms with van der Waals surface area (Å²) in [6.45, 7) is 3.46. The molecule has 0 saturated heterocycles. The maximum Gasteiger partial charge on any atom is 0.196 e. The number of ether oxygens (including phenoxy) is 1. The molecule has 0 fully saturated rings. The highest BCUT2D eigenvalue weighted by Gasteiger charge is 2.20. The van der Waals surface area contributed by atoms with Crippen molar-refractivity contribution in [2.45, 2.75) is 13.8 Å². The molecule has 1 aromatic heterocycles. The first-order valence-corrected chi connectivity index (χ1v) is 6.40. The summed E-state index contributed by atoms with van der Waals surface area (Å²) in [7, 11) is 1.40. The number of aryl methyl sites for hydroxylation is 2. The van der Waals surface area contributed by atoms with E-state index in [1.54, 1.807) is 19.9 Å². The minimum Gasteiger partial charge on any atom is -0.508 e. The van der Waals surface area contributed by atoms with Crippen molar-refractivity contribution in [3.8, 4) is 17.2 Å². The van der Waals surface area contributed by atoms with Crippen molar-refractivity contribution in [2.75, 3.05) is 7.11 Å². The number of fused-ring (bicyclic) bond motifs is 3. The van der Waals surface area contributed by atoms with Crippen LogP contribution >= 0.6 is 0 Å². The van der Waals surface area contributed by atoms with Gasteiger partial charge < -0.3 is 19.4 Å². The number of hydrogen-bond acceptors (Lipinski definition) is 5. The lowest BCUT2D eigenvalue weighted by molar-refractivity contribution is 0.380. The third-order valence-electron chi connectivity index (χ3n) is 3.52. The fourth-order valence-electron chi connectivity index (χ4n) is 2.71. The summed E-state index contributed by atoms with van der Waals surface area (Å²) in [5.41, 5.74) is 0.687. The summed E-state index contributed by atoms with van der Waals surface area (Å²) in [6.07, 6.45) is 0. The number of phenols is 2. The molecule has 2 aromatic carbocycles. The highest BCUT2D eigenvalue weighted by molar-refractivity contribution is 6.12. The SMILES string of the molecule is COc1c(O)c2c(=O)cc(C)oc2c2c(C)cc(O)cc12. The number of hydrogen-bond donors (Lipinski definition) is 2. The molecule has 21 heavy (non-hydrogen) atoms. The molecule has 0 spiro atoms. The molecule has 0 amide bonds. The van der Waals surface area contributed by atoms with Gasteiger partial charge >= 0.3 is 0 Å². The maximum absolute atomic E-state index is 12.2. The van der Waals surface area contributed by atoms with Crippen LogP contribution in [0.1, 0.15) is 11.3 Å². The Hall–Kier alpha value is -2.69. The zero-order chi connectivity index (χ0) is 15.3. The van der Waals surface area contributed by atoms with E-state index in [1.807, 2.05) is 0 Å². The molecule has 0 aliphatic carbocycles. The molecule has 3 rings (SSSR count). The lowest BCUT2D eigenvalue weighted by Crippen LogP contribution is -2.03. The molecule has 3 aromatic rings. The van der Waals surface area contributed by atoms with Gasteiger partial charge in [-0.05, 0) is 31.5 Å². The Balaban J connectivity index is 2.75. The molecule has 0 aliphatic heterocycles. The predicted octanol–water partition coefficient (Wildman–Crippen LogP) is 2.98. The fourth-order valence-corrected chi connectivity index (χ4v) is 2.71. The van der Waals surface area contributed by atoms with Crippen molar-refractivity contribution in [1.82, 2.24) is 0 Å². The summed E-state index contributed by atoms with van der Waals surface area (Å²) in [5.74, 6) is 0.365. The van der Waals surface area contributed by atoms with E-state index < -0.39 is 0 Å². The van der Waals surface area contributed by atoms with Gasteiger partial charge in [0.1, 0.15) is 22.5 Å². The second-order valence-electron chi connectivity index (χ2n) is 4.99. The molecule has 0 saturated carbocycles. The average Bonchev–Trinajstić information content (AvgIpc) is 2.37. The summed E-state index contributed by atoms with van der Waals surface area (Å²) in [5, 5.41) is 21.3. The Bertz CT molecular complexity index is 937. The monoisotopic (exact) mass is 286 g/mol. The zero-order valence-electron chi connectivity index (χ0n) is 11.9. The van der Waals surface area contributed by atoms with Gasteiger partial charge in [-0.15, -0.1) is 0 Å². The van der Waals surface area contributed by atoms with Crippen LogP contribution in [-0.4, -0.2) is 17.3 Å². The molecule has 5 heteroatoms. The van der Waals surface area contributed by atoms with Crippen molar-refractivity contribution < 1.29 is 19.4 Å². The normalized spacial score (nSPS) is 11.2. The number of phenolic OH excluding ortho intramolecular Hbond substituents is 2. The third-order valence-corrected chi connectivity index (χ3v) is 3.52. The van der Waals surface area contributed by atoms with Crippen molar-refractivity contribution in [1.29, 1.82) is 0 Å². The number of aromatic hydroxyl groups is 2. The van der Waals surface area contributed by atoms with Crippen LogP contribution in [-0.2, 0) is 0 Å². The topological polar surface area (TPSA) is 79.9 Å². The van der Waals surface area contributed by atoms with Gasteiger partial charge in [-0.3, -0.25) is 4.79 Å². The first kappa shape index (κ1) is 13.3. The van der Waals surface area contributed by atoms with E-state index in [1.165, 1.54) is 19.2 Å². The zero-order valence-corrected chi connectivity index (χ0v) is 11.9. The highest BCUT2D eigenvalue weighted by atomic mass is 16.5. The van der Waals surface area contributed by atoms with Crippen molar-refractivity contribution in [3.05, 3.63) is 39.7 Å². The van der Waals surface area contributed by atoms with E-state index in [2.05, 4.69) is 0 Å². The number of rotatable bonds is 1. The molecule has 0 atom stereocenters. The van der Waals surface area contributed by atoms with Gasteiger partial charge in [0, 0.05) is 16.8 Å².